The topological polar surface area (TPSA) is 98.9 Å². The lowest BCUT2D eigenvalue weighted by Gasteiger charge is -2.15. The Kier molecular flexibility index (Phi) is 8.26. The van der Waals surface area contributed by atoms with E-state index in [0.717, 1.165) is 5.56 Å². The van der Waals surface area contributed by atoms with E-state index in [1.54, 1.807) is 30.3 Å². The van der Waals surface area contributed by atoms with Gasteiger partial charge in [0, 0.05) is 27.9 Å². The van der Waals surface area contributed by atoms with Crippen LogP contribution in [-0.4, -0.2) is 22.7 Å². The zero-order valence-electron chi connectivity index (χ0n) is 16.7. The van der Waals surface area contributed by atoms with Crippen LogP contribution < -0.4 is 14.9 Å². The standard InChI is InChI=1S/C21H17BrCl2N4O4/c1-2-31-19-9-13(11-26-27-21-18(28(29)30)4-3-7-25-21)8-16(22)20(19)32-12-14-5-6-15(23)10-17(14)24/h3-11H,2,12H2,1H3,(H,25,27)/b26-11-. The Balaban J connectivity index is 1.79. The van der Waals surface area contributed by atoms with E-state index >= 15 is 0 Å². The van der Waals surface area contributed by atoms with E-state index in [4.69, 9.17) is 32.7 Å². The number of ether oxygens (including phenoxy) is 2. The third-order valence-corrected chi connectivity index (χ3v) is 5.26. The van der Waals surface area contributed by atoms with E-state index in [9.17, 15) is 10.1 Å². The highest BCUT2D eigenvalue weighted by atomic mass is 79.9. The lowest BCUT2D eigenvalue weighted by Crippen LogP contribution is -2.02. The van der Waals surface area contributed by atoms with E-state index in [2.05, 4.69) is 31.4 Å². The highest BCUT2D eigenvalue weighted by molar-refractivity contribution is 9.10. The van der Waals surface area contributed by atoms with Crippen LogP contribution in [0.4, 0.5) is 11.5 Å². The predicted octanol–water partition coefficient (Wildman–Crippen LogP) is 6.48. The van der Waals surface area contributed by atoms with Crippen LogP contribution in [-0.2, 0) is 6.61 Å². The van der Waals surface area contributed by atoms with Crippen molar-refractivity contribution in [2.24, 2.45) is 5.10 Å². The summed E-state index contributed by atoms with van der Waals surface area (Å²) < 4.78 is 12.3. The molecule has 0 atom stereocenters. The van der Waals surface area contributed by atoms with E-state index < -0.39 is 4.92 Å². The second-order valence-electron chi connectivity index (χ2n) is 6.29. The van der Waals surface area contributed by atoms with Gasteiger partial charge in [-0.1, -0.05) is 29.3 Å². The predicted molar refractivity (Wildman–Crippen MR) is 128 cm³/mol. The van der Waals surface area contributed by atoms with Crippen molar-refractivity contribution >= 4 is 56.9 Å². The van der Waals surface area contributed by atoms with Crippen molar-refractivity contribution in [1.29, 1.82) is 0 Å². The van der Waals surface area contributed by atoms with Gasteiger partial charge in [0.25, 0.3) is 0 Å². The minimum Gasteiger partial charge on any atom is -0.490 e. The number of nitro groups is 1. The number of hydrogen-bond donors (Lipinski definition) is 1. The second kappa shape index (κ2) is 11.1. The average molecular weight is 540 g/mol. The quantitative estimate of drug-likeness (QED) is 0.190. The smallest absolute Gasteiger partial charge is 0.313 e. The summed E-state index contributed by atoms with van der Waals surface area (Å²) in [4.78, 5) is 14.5. The number of nitrogens with zero attached hydrogens (tertiary/aromatic N) is 3. The Hall–Kier alpha value is -2.88. The molecule has 1 heterocycles. The monoisotopic (exact) mass is 538 g/mol. The first-order chi connectivity index (χ1) is 15.4. The third kappa shape index (κ3) is 6.09. The number of rotatable bonds is 9. The molecule has 0 saturated heterocycles. The highest BCUT2D eigenvalue weighted by Crippen LogP contribution is 2.37. The molecule has 1 aromatic heterocycles. The van der Waals surface area contributed by atoms with E-state index in [0.29, 0.717) is 38.2 Å². The number of nitrogens with one attached hydrogen (secondary N) is 1. The van der Waals surface area contributed by atoms with E-state index in [1.807, 2.05) is 6.92 Å². The number of hydrazone groups is 1. The molecule has 0 bridgehead atoms. The molecule has 0 saturated carbocycles. The summed E-state index contributed by atoms with van der Waals surface area (Å²) in [7, 11) is 0. The zero-order valence-corrected chi connectivity index (χ0v) is 19.8. The first-order valence-electron chi connectivity index (χ1n) is 9.30. The van der Waals surface area contributed by atoms with Crippen LogP contribution >= 0.6 is 39.1 Å². The fourth-order valence-corrected chi connectivity index (χ4v) is 3.69. The maximum atomic E-state index is 11.1. The van der Waals surface area contributed by atoms with Crippen molar-refractivity contribution in [1.82, 2.24) is 4.98 Å². The summed E-state index contributed by atoms with van der Waals surface area (Å²) in [6, 6.07) is 11.5. The Bertz CT molecular complexity index is 1160. The Morgan fingerprint density at radius 2 is 2.06 bits per heavy atom. The lowest BCUT2D eigenvalue weighted by atomic mass is 10.2. The first kappa shape index (κ1) is 23.8. The molecule has 166 valence electrons. The van der Waals surface area contributed by atoms with Crippen LogP contribution in [0.2, 0.25) is 10.0 Å². The largest absolute Gasteiger partial charge is 0.490 e. The highest BCUT2D eigenvalue weighted by Gasteiger charge is 2.15. The van der Waals surface area contributed by atoms with Crippen LogP contribution in [0.25, 0.3) is 0 Å². The molecule has 3 aromatic rings. The lowest BCUT2D eigenvalue weighted by molar-refractivity contribution is -0.384. The molecule has 0 unspecified atom stereocenters. The molecule has 11 heteroatoms. The molecule has 32 heavy (non-hydrogen) atoms. The SMILES string of the molecule is CCOc1cc(/C=N\Nc2ncccc2[N+](=O)[O-])cc(Br)c1OCc1ccc(Cl)cc1Cl. The summed E-state index contributed by atoms with van der Waals surface area (Å²) in [5.41, 5.74) is 3.86. The minimum absolute atomic E-state index is 0.0395. The number of anilines is 1. The van der Waals surface area contributed by atoms with E-state index in [1.165, 1.54) is 24.5 Å². The Morgan fingerprint density at radius 3 is 2.78 bits per heavy atom. The molecule has 1 N–H and O–H groups in total. The zero-order chi connectivity index (χ0) is 23.1. The molecule has 8 nitrogen and oxygen atoms in total. The van der Waals surface area contributed by atoms with Crippen LogP contribution in [0.5, 0.6) is 11.5 Å². The molecule has 0 aliphatic carbocycles. The van der Waals surface area contributed by atoms with Crippen LogP contribution in [0, 0.1) is 10.1 Å². The molecule has 3 rings (SSSR count). The Morgan fingerprint density at radius 1 is 1.25 bits per heavy atom. The summed E-state index contributed by atoms with van der Waals surface area (Å²) in [6.45, 7) is 2.49. The molecular weight excluding hydrogens is 523 g/mol. The van der Waals surface area contributed by atoms with Crippen LogP contribution in [0.1, 0.15) is 18.1 Å². The van der Waals surface area contributed by atoms with Crippen molar-refractivity contribution in [3.63, 3.8) is 0 Å². The van der Waals surface area contributed by atoms with Gasteiger partial charge in [0.15, 0.2) is 11.5 Å². The summed E-state index contributed by atoms with van der Waals surface area (Å²) in [6.07, 6.45) is 2.93. The van der Waals surface area contributed by atoms with Gasteiger partial charge in [-0.05, 0) is 58.7 Å². The molecule has 0 radical (unpaired) electrons. The number of benzene rings is 2. The van der Waals surface area contributed by atoms with Gasteiger partial charge >= 0.3 is 5.69 Å². The van der Waals surface area contributed by atoms with Crippen molar-refractivity contribution in [3.05, 3.63) is 84.4 Å². The maximum Gasteiger partial charge on any atom is 0.313 e. The molecule has 0 amide bonds. The van der Waals surface area contributed by atoms with Gasteiger partial charge in [-0.3, -0.25) is 15.5 Å². The number of hydrogen-bond acceptors (Lipinski definition) is 7. The van der Waals surface area contributed by atoms with Gasteiger partial charge in [0.2, 0.25) is 5.82 Å². The summed E-state index contributed by atoms with van der Waals surface area (Å²) in [5, 5.41) is 16.2. The number of halogens is 3. The summed E-state index contributed by atoms with van der Waals surface area (Å²) >= 11 is 15.7. The molecule has 0 aliphatic rings. The van der Waals surface area contributed by atoms with Crippen molar-refractivity contribution in [2.75, 3.05) is 12.0 Å². The fraction of sp³-hybridized carbons (Fsp3) is 0.143. The number of pyridine rings is 1. The molecular formula is C21H17BrCl2N4O4. The van der Waals surface area contributed by atoms with Crippen LogP contribution in [0.3, 0.4) is 0 Å². The second-order valence-corrected chi connectivity index (χ2v) is 7.98. The molecule has 0 spiro atoms. The van der Waals surface area contributed by atoms with Gasteiger partial charge in [-0.15, -0.1) is 0 Å². The van der Waals surface area contributed by atoms with E-state index in [-0.39, 0.29) is 18.1 Å². The average Bonchev–Trinajstić information content (AvgIpc) is 2.75. The third-order valence-electron chi connectivity index (χ3n) is 4.09. The minimum atomic E-state index is -0.534. The molecule has 2 aromatic carbocycles. The van der Waals surface area contributed by atoms with Gasteiger partial charge < -0.3 is 9.47 Å². The van der Waals surface area contributed by atoms with Gasteiger partial charge in [0.1, 0.15) is 6.61 Å². The van der Waals surface area contributed by atoms with Gasteiger partial charge in [-0.2, -0.15) is 5.10 Å². The van der Waals surface area contributed by atoms with Crippen molar-refractivity contribution < 1.29 is 14.4 Å². The summed E-state index contributed by atoms with van der Waals surface area (Å²) in [5.74, 6) is 1.04. The fourth-order valence-electron chi connectivity index (χ4n) is 2.65. The van der Waals surface area contributed by atoms with Gasteiger partial charge in [0.05, 0.1) is 22.2 Å². The first-order valence-corrected chi connectivity index (χ1v) is 10.9. The normalized spacial score (nSPS) is 10.9. The number of aromatic nitrogens is 1. The maximum absolute atomic E-state index is 11.1. The molecule has 0 aliphatic heterocycles. The molecule has 0 fully saturated rings. The Labute approximate surface area is 202 Å². The van der Waals surface area contributed by atoms with Crippen molar-refractivity contribution in [3.8, 4) is 11.5 Å². The van der Waals surface area contributed by atoms with Crippen molar-refractivity contribution in [2.45, 2.75) is 13.5 Å². The van der Waals surface area contributed by atoms with Gasteiger partial charge in [-0.25, -0.2) is 4.98 Å². The van der Waals surface area contributed by atoms with Crippen LogP contribution in [0.15, 0.2) is 58.2 Å².